The van der Waals surface area contributed by atoms with E-state index in [1.165, 1.54) is 13.8 Å². The Morgan fingerprint density at radius 1 is 1.36 bits per heavy atom. The van der Waals surface area contributed by atoms with Crippen molar-refractivity contribution in [2.75, 3.05) is 32.5 Å². The number of fused-ring (bicyclic) bond motifs is 1. The molecule has 25 heavy (non-hydrogen) atoms. The first kappa shape index (κ1) is 18.8. The van der Waals surface area contributed by atoms with Crippen LogP contribution in [0.1, 0.15) is 31.1 Å². The summed E-state index contributed by atoms with van der Waals surface area (Å²) in [6.07, 6.45) is -0.241. The van der Waals surface area contributed by atoms with Crippen molar-refractivity contribution in [1.82, 2.24) is 9.80 Å². The fraction of sp³-hybridized carbons (Fsp3) is 0.500. The lowest BCUT2D eigenvalue weighted by atomic mass is 10.0. The quantitative estimate of drug-likeness (QED) is 0.901. The maximum Gasteiger partial charge on any atom is 0.257 e. The monoisotopic (exact) mass is 347 g/mol. The number of rotatable bonds is 3. The first-order valence-electron chi connectivity index (χ1n) is 8.24. The maximum atomic E-state index is 12.7. The van der Waals surface area contributed by atoms with Gasteiger partial charge in [0.05, 0.1) is 12.1 Å². The van der Waals surface area contributed by atoms with E-state index in [4.69, 9.17) is 4.74 Å². The highest BCUT2D eigenvalue weighted by molar-refractivity contribution is 5.99. The van der Waals surface area contributed by atoms with Crippen LogP contribution in [0, 0.1) is 5.92 Å². The van der Waals surface area contributed by atoms with E-state index in [1.807, 2.05) is 6.92 Å². The molecule has 2 rings (SSSR count). The molecule has 0 saturated heterocycles. The van der Waals surface area contributed by atoms with Crippen LogP contribution in [-0.2, 0) is 9.59 Å². The SMILES string of the molecule is CC(=O)Nc1ccc2c(c1)C(=O)N(C)C[C@@H](C)[C@@H](CN(C)C(C)=O)O2. The standard InChI is InChI=1S/C18H25N3O4/c1-11-9-21(5)18(24)15-8-14(19-12(2)22)6-7-16(15)25-17(11)10-20(4)13(3)23/h6-8,11,17H,9-10H2,1-5H3,(H,19,22)/t11-,17-/m1/s1. The lowest BCUT2D eigenvalue weighted by molar-refractivity contribution is -0.129. The Bertz CT molecular complexity index is 689. The van der Waals surface area contributed by atoms with Gasteiger partial charge in [0, 0.05) is 46.1 Å². The van der Waals surface area contributed by atoms with Gasteiger partial charge in [-0.3, -0.25) is 14.4 Å². The highest BCUT2D eigenvalue weighted by Crippen LogP contribution is 2.29. The van der Waals surface area contributed by atoms with Crippen LogP contribution in [0.3, 0.4) is 0 Å². The average Bonchev–Trinajstić information content (AvgIpc) is 2.53. The normalized spacial score (nSPS) is 20.0. The second-order valence-electron chi connectivity index (χ2n) is 6.61. The Labute approximate surface area is 147 Å². The van der Waals surface area contributed by atoms with Gasteiger partial charge in [0.25, 0.3) is 5.91 Å². The van der Waals surface area contributed by atoms with Crippen LogP contribution in [0.5, 0.6) is 5.75 Å². The first-order valence-corrected chi connectivity index (χ1v) is 8.24. The molecular weight excluding hydrogens is 322 g/mol. The number of hydrogen-bond donors (Lipinski definition) is 1. The van der Waals surface area contributed by atoms with Crippen LogP contribution in [0.2, 0.25) is 0 Å². The molecule has 0 spiro atoms. The largest absolute Gasteiger partial charge is 0.487 e. The van der Waals surface area contributed by atoms with E-state index in [2.05, 4.69) is 5.32 Å². The molecule has 0 saturated carbocycles. The zero-order chi connectivity index (χ0) is 18.7. The molecule has 2 atom stereocenters. The molecule has 0 unspecified atom stereocenters. The molecule has 136 valence electrons. The lowest BCUT2D eigenvalue weighted by Gasteiger charge is -2.34. The van der Waals surface area contributed by atoms with E-state index in [-0.39, 0.29) is 29.7 Å². The van der Waals surface area contributed by atoms with E-state index in [0.29, 0.717) is 30.1 Å². The van der Waals surface area contributed by atoms with Gasteiger partial charge in [0.1, 0.15) is 11.9 Å². The highest BCUT2D eigenvalue weighted by Gasteiger charge is 2.30. The van der Waals surface area contributed by atoms with E-state index >= 15 is 0 Å². The molecule has 3 amide bonds. The summed E-state index contributed by atoms with van der Waals surface area (Å²) in [5, 5.41) is 2.68. The van der Waals surface area contributed by atoms with Gasteiger partial charge >= 0.3 is 0 Å². The summed E-state index contributed by atoms with van der Waals surface area (Å²) in [6.45, 7) is 5.87. The Morgan fingerprint density at radius 3 is 2.64 bits per heavy atom. The highest BCUT2D eigenvalue weighted by atomic mass is 16.5. The van der Waals surface area contributed by atoms with Crippen LogP contribution in [-0.4, -0.2) is 60.8 Å². The Morgan fingerprint density at radius 2 is 2.04 bits per heavy atom. The van der Waals surface area contributed by atoms with E-state index in [1.54, 1.807) is 42.1 Å². The van der Waals surface area contributed by atoms with Crippen LogP contribution in [0.4, 0.5) is 5.69 Å². The fourth-order valence-electron chi connectivity index (χ4n) is 2.81. The van der Waals surface area contributed by atoms with Crippen molar-refractivity contribution < 1.29 is 19.1 Å². The van der Waals surface area contributed by atoms with Crippen molar-refractivity contribution in [1.29, 1.82) is 0 Å². The van der Waals surface area contributed by atoms with Gasteiger partial charge in [-0.05, 0) is 18.2 Å². The second-order valence-corrected chi connectivity index (χ2v) is 6.61. The van der Waals surface area contributed by atoms with Crippen molar-refractivity contribution >= 4 is 23.4 Å². The molecule has 0 aromatic heterocycles. The molecular formula is C18H25N3O4. The summed E-state index contributed by atoms with van der Waals surface area (Å²) in [4.78, 5) is 38.7. The number of nitrogens with zero attached hydrogens (tertiary/aromatic N) is 2. The third kappa shape index (κ3) is 4.49. The van der Waals surface area contributed by atoms with Crippen LogP contribution in [0.15, 0.2) is 18.2 Å². The molecule has 1 N–H and O–H groups in total. The third-order valence-electron chi connectivity index (χ3n) is 4.34. The maximum absolute atomic E-state index is 12.7. The summed E-state index contributed by atoms with van der Waals surface area (Å²) in [6, 6.07) is 5.01. The zero-order valence-corrected chi connectivity index (χ0v) is 15.3. The molecule has 0 fully saturated rings. The minimum absolute atomic E-state index is 0.0384. The van der Waals surface area contributed by atoms with Crippen LogP contribution < -0.4 is 10.1 Å². The molecule has 7 heteroatoms. The molecule has 0 aliphatic carbocycles. The minimum Gasteiger partial charge on any atom is -0.487 e. The van der Waals surface area contributed by atoms with Gasteiger partial charge < -0.3 is 19.9 Å². The summed E-state index contributed by atoms with van der Waals surface area (Å²) in [5.41, 5.74) is 0.943. The molecule has 7 nitrogen and oxygen atoms in total. The summed E-state index contributed by atoms with van der Waals surface area (Å²) in [7, 11) is 3.47. The van der Waals surface area contributed by atoms with E-state index in [9.17, 15) is 14.4 Å². The predicted molar refractivity (Wildman–Crippen MR) is 94.6 cm³/mol. The Kier molecular flexibility index (Phi) is 5.66. The van der Waals surface area contributed by atoms with Crippen LogP contribution >= 0.6 is 0 Å². The number of nitrogens with one attached hydrogen (secondary N) is 1. The number of likely N-dealkylation sites (N-methyl/N-ethyl adjacent to an activating group) is 1. The molecule has 1 heterocycles. The van der Waals surface area contributed by atoms with Crippen molar-refractivity contribution in [2.24, 2.45) is 5.92 Å². The first-order chi connectivity index (χ1) is 11.7. The minimum atomic E-state index is -0.241. The number of hydrogen-bond acceptors (Lipinski definition) is 4. The Hall–Kier alpha value is -2.57. The topological polar surface area (TPSA) is 79.0 Å². The van der Waals surface area contributed by atoms with E-state index in [0.717, 1.165) is 0 Å². The van der Waals surface area contributed by atoms with Crippen molar-refractivity contribution in [3.05, 3.63) is 23.8 Å². The molecule has 0 radical (unpaired) electrons. The zero-order valence-electron chi connectivity index (χ0n) is 15.3. The number of benzene rings is 1. The Balaban J connectivity index is 2.37. The number of carbonyl (C=O) groups excluding carboxylic acids is 3. The summed E-state index contributed by atoms with van der Waals surface area (Å²) < 4.78 is 6.09. The molecule has 1 aliphatic rings. The third-order valence-corrected chi connectivity index (χ3v) is 4.34. The summed E-state index contributed by atoms with van der Waals surface area (Å²) >= 11 is 0. The van der Waals surface area contributed by atoms with Crippen LogP contribution in [0.25, 0.3) is 0 Å². The number of amides is 3. The fourth-order valence-corrected chi connectivity index (χ4v) is 2.81. The molecule has 1 aromatic rings. The smallest absolute Gasteiger partial charge is 0.257 e. The van der Waals surface area contributed by atoms with Crippen molar-refractivity contribution in [3.8, 4) is 5.75 Å². The molecule has 1 aliphatic heterocycles. The van der Waals surface area contributed by atoms with Gasteiger partial charge in [0.15, 0.2) is 0 Å². The van der Waals surface area contributed by atoms with Gasteiger partial charge in [-0.2, -0.15) is 0 Å². The van der Waals surface area contributed by atoms with Gasteiger partial charge in [-0.1, -0.05) is 6.92 Å². The molecule has 0 bridgehead atoms. The second kappa shape index (κ2) is 7.55. The van der Waals surface area contributed by atoms with Crippen molar-refractivity contribution in [3.63, 3.8) is 0 Å². The van der Waals surface area contributed by atoms with Gasteiger partial charge in [-0.25, -0.2) is 0 Å². The predicted octanol–water partition coefficient (Wildman–Crippen LogP) is 1.59. The summed E-state index contributed by atoms with van der Waals surface area (Å²) in [5.74, 6) is 0.108. The van der Waals surface area contributed by atoms with Gasteiger partial charge in [0.2, 0.25) is 11.8 Å². The molecule has 1 aromatic carbocycles. The number of ether oxygens (including phenoxy) is 1. The lowest BCUT2D eigenvalue weighted by Crippen LogP contribution is -2.45. The van der Waals surface area contributed by atoms with E-state index < -0.39 is 0 Å². The number of anilines is 1. The number of carbonyl (C=O) groups is 3. The van der Waals surface area contributed by atoms with Gasteiger partial charge in [-0.15, -0.1) is 0 Å². The average molecular weight is 347 g/mol. The van der Waals surface area contributed by atoms with Crippen molar-refractivity contribution in [2.45, 2.75) is 26.9 Å².